The topological polar surface area (TPSA) is 40.5 Å². The molecule has 5 rings (SSSR count). The molecule has 1 aromatic heterocycles. The molecule has 0 atom stereocenters. The quantitative estimate of drug-likeness (QED) is 0.291. The molecular formula is C29H28FNO2S. The highest BCUT2D eigenvalue weighted by Crippen LogP contribution is 2.41. The number of aromatic hydroxyl groups is 1. The third-order valence-electron chi connectivity index (χ3n) is 6.63. The zero-order valence-corrected chi connectivity index (χ0v) is 20.1. The van der Waals surface area contributed by atoms with Gasteiger partial charge < -0.3 is 10.0 Å². The van der Waals surface area contributed by atoms with Crippen LogP contribution in [0, 0.1) is 12.8 Å². The minimum Gasteiger partial charge on any atom is -0.508 e. The lowest BCUT2D eigenvalue weighted by atomic mass is 9.96. The summed E-state index contributed by atoms with van der Waals surface area (Å²) in [4.78, 5) is 16.5. The summed E-state index contributed by atoms with van der Waals surface area (Å²) in [7, 11) is 0. The van der Waals surface area contributed by atoms with Gasteiger partial charge in [-0.2, -0.15) is 0 Å². The molecule has 0 saturated carbocycles. The van der Waals surface area contributed by atoms with E-state index < -0.39 is 0 Å². The van der Waals surface area contributed by atoms with E-state index in [-0.39, 0.29) is 24.1 Å². The number of benzene rings is 3. The number of alkyl halides is 1. The number of hydrogen-bond acceptors (Lipinski definition) is 4. The van der Waals surface area contributed by atoms with Crippen molar-refractivity contribution in [3.8, 4) is 16.9 Å². The first-order valence-corrected chi connectivity index (χ1v) is 12.6. The van der Waals surface area contributed by atoms with Crippen LogP contribution in [0.2, 0.25) is 0 Å². The lowest BCUT2D eigenvalue weighted by Gasteiger charge is -2.37. The van der Waals surface area contributed by atoms with E-state index in [1.807, 2.05) is 37.3 Å². The molecule has 5 heteroatoms. The maximum Gasteiger partial charge on any atom is 0.203 e. The van der Waals surface area contributed by atoms with Crippen molar-refractivity contribution < 1.29 is 14.3 Å². The lowest BCUT2D eigenvalue weighted by molar-refractivity contribution is 0.0801. The Kier molecular flexibility index (Phi) is 6.48. The minimum atomic E-state index is -0.205. The molecule has 1 aliphatic heterocycles. The summed E-state index contributed by atoms with van der Waals surface area (Å²) < 4.78 is 13.5. The number of hydrogen-bond donors (Lipinski definition) is 1. The number of carbonyl (C=O) groups is 1. The summed E-state index contributed by atoms with van der Waals surface area (Å²) in [5.41, 5.74) is 4.97. The Labute approximate surface area is 203 Å². The zero-order valence-electron chi connectivity index (χ0n) is 19.3. The van der Waals surface area contributed by atoms with Crippen molar-refractivity contribution >= 4 is 27.2 Å². The first-order chi connectivity index (χ1) is 16.5. The number of rotatable bonds is 8. The summed E-state index contributed by atoms with van der Waals surface area (Å²) in [6.45, 7) is 4.57. The second kappa shape index (κ2) is 9.69. The van der Waals surface area contributed by atoms with Crippen molar-refractivity contribution in [1.29, 1.82) is 0 Å². The molecule has 2 heterocycles. The van der Waals surface area contributed by atoms with Gasteiger partial charge in [-0.05, 0) is 55.6 Å². The van der Waals surface area contributed by atoms with E-state index in [2.05, 4.69) is 29.2 Å². The highest BCUT2D eigenvalue weighted by atomic mass is 32.1. The number of ketones is 1. The highest BCUT2D eigenvalue weighted by molar-refractivity contribution is 7.21. The summed E-state index contributed by atoms with van der Waals surface area (Å²) in [6, 6.07) is 21.4. The summed E-state index contributed by atoms with van der Waals surface area (Å²) in [5.74, 6) is 0.435. The summed E-state index contributed by atoms with van der Waals surface area (Å²) >= 11 is 1.43. The summed E-state index contributed by atoms with van der Waals surface area (Å²) in [6.07, 6.45) is 2.03. The van der Waals surface area contributed by atoms with Gasteiger partial charge >= 0.3 is 0 Å². The average Bonchev–Trinajstić information content (AvgIpc) is 3.19. The number of phenols is 1. The standard InChI is InChI=1S/C29H28FNO2S/c1-19-4-8-23(9-5-19)28(33)29-27(25-13-12-24(32)15-26(25)34-29)22-10-6-20(7-11-22)3-2-14-31-17-21(16-30)18-31/h4-13,15,21,32H,2-3,14,16-18H2,1H3. The van der Waals surface area contributed by atoms with Crippen molar-refractivity contribution in [2.75, 3.05) is 26.3 Å². The van der Waals surface area contributed by atoms with Gasteiger partial charge in [0.1, 0.15) is 5.75 Å². The highest BCUT2D eigenvalue weighted by Gasteiger charge is 2.25. The number of likely N-dealkylation sites (tertiary alicyclic amines) is 1. The molecule has 1 saturated heterocycles. The van der Waals surface area contributed by atoms with Crippen molar-refractivity contribution in [3.63, 3.8) is 0 Å². The maximum absolute atomic E-state index is 13.5. The molecule has 0 amide bonds. The molecule has 1 fully saturated rings. The Hall–Kier alpha value is -3.02. The average molecular weight is 474 g/mol. The first-order valence-electron chi connectivity index (χ1n) is 11.8. The van der Waals surface area contributed by atoms with Gasteiger partial charge in [0.2, 0.25) is 5.78 Å². The molecule has 4 aromatic rings. The van der Waals surface area contributed by atoms with Crippen molar-refractivity contribution in [2.45, 2.75) is 19.8 Å². The first kappa shape index (κ1) is 22.8. The SMILES string of the molecule is Cc1ccc(C(=O)c2sc3cc(O)ccc3c2-c2ccc(CCCN3CC(CF)C3)cc2)cc1. The Balaban J connectivity index is 1.40. The van der Waals surface area contributed by atoms with Crippen LogP contribution in [0.3, 0.4) is 0 Å². The second-order valence-electron chi connectivity index (χ2n) is 9.26. The molecular weight excluding hydrogens is 445 g/mol. The molecule has 1 aliphatic rings. The number of halogens is 1. The molecule has 0 radical (unpaired) electrons. The van der Waals surface area contributed by atoms with Crippen LogP contribution in [-0.2, 0) is 6.42 Å². The van der Waals surface area contributed by atoms with Crippen LogP contribution in [0.4, 0.5) is 4.39 Å². The van der Waals surface area contributed by atoms with Gasteiger partial charge in [-0.3, -0.25) is 9.18 Å². The van der Waals surface area contributed by atoms with Crippen LogP contribution >= 0.6 is 11.3 Å². The van der Waals surface area contributed by atoms with Gasteiger partial charge in [0, 0.05) is 40.2 Å². The molecule has 0 aliphatic carbocycles. The number of phenolic OH excluding ortho intramolecular Hbond substituents is 1. The van der Waals surface area contributed by atoms with Crippen LogP contribution < -0.4 is 0 Å². The number of nitrogens with zero attached hydrogens (tertiary/aromatic N) is 1. The number of thiophene rings is 1. The smallest absolute Gasteiger partial charge is 0.203 e. The van der Waals surface area contributed by atoms with Gasteiger partial charge in [-0.1, -0.05) is 54.1 Å². The fourth-order valence-electron chi connectivity index (χ4n) is 4.67. The molecule has 34 heavy (non-hydrogen) atoms. The van der Waals surface area contributed by atoms with Crippen molar-refractivity contribution in [1.82, 2.24) is 4.90 Å². The van der Waals surface area contributed by atoms with E-state index in [4.69, 9.17) is 0 Å². The minimum absolute atomic E-state index is 0.000831. The van der Waals surface area contributed by atoms with Gasteiger partial charge in [0.05, 0.1) is 11.6 Å². The Bertz CT molecular complexity index is 1300. The largest absolute Gasteiger partial charge is 0.508 e. The third-order valence-corrected chi connectivity index (χ3v) is 7.78. The monoisotopic (exact) mass is 473 g/mol. The fraction of sp³-hybridized carbons (Fsp3) is 0.276. The summed E-state index contributed by atoms with van der Waals surface area (Å²) in [5, 5.41) is 11.0. The molecule has 0 spiro atoms. The Morgan fingerprint density at radius 1 is 1.06 bits per heavy atom. The molecule has 1 N–H and O–H groups in total. The number of fused-ring (bicyclic) bond motifs is 1. The van der Waals surface area contributed by atoms with E-state index in [0.717, 1.165) is 59.3 Å². The van der Waals surface area contributed by atoms with Gasteiger partial charge in [-0.25, -0.2) is 0 Å². The van der Waals surface area contributed by atoms with Crippen LogP contribution in [0.25, 0.3) is 21.2 Å². The van der Waals surface area contributed by atoms with Crippen molar-refractivity contribution in [3.05, 3.63) is 88.3 Å². The Morgan fingerprint density at radius 2 is 1.79 bits per heavy atom. The molecule has 3 nitrogen and oxygen atoms in total. The van der Waals surface area contributed by atoms with Gasteiger partial charge in [0.25, 0.3) is 0 Å². The van der Waals surface area contributed by atoms with Gasteiger partial charge in [-0.15, -0.1) is 11.3 Å². The van der Waals surface area contributed by atoms with E-state index in [1.165, 1.54) is 16.9 Å². The van der Waals surface area contributed by atoms with E-state index in [0.29, 0.717) is 10.4 Å². The Morgan fingerprint density at radius 3 is 2.50 bits per heavy atom. The fourth-order valence-corrected chi connectivity index (χ4v) is 5.89. The predicted octanol–water partition coefficient (Wildman–Crippen LogP) is 6.65. The van der Waals surface area contributed by atoms with Crippen LogP contribution in [0.5, 0.6) is 5.75 Å². The van der Waals surface area contributed by atoms with Crippen LogP contribution in [0.1, 0.15) is 32.8 Å². The molecule has 174 valence electrons. The number of aryl methyl sites for hydroxylation is 2. The number of carbonyl (C=O) groups excluding carboxylic acids is 1. The van der Waals surface area contributed by atoms with Crippen LogP contribution in [-0.4, -0.2) is 42.1 Å². The van der Waals surface area contributed by atoms with Crippen molar-refractivity contribution in [2.24, 2.45) is 5.92 Å². The van der Waals surface area contributed by atoms with E-state index in [1.54, 1.807) is 12.1 Å². The van der Waals surface area contributed by atoms with Crippen LogP contribution in [0.15, 0.2) is 66.7 Å². The van der Waals surface area contributed by atoms with E-state index in [9.17, 15) is 14.3 Å². The molecule has 3 aromatic carbocycles. The molecule has 0 bridgehead atoms. The third kappa shape index (κ3) is 4.63. The molecule has 0 unspecified atom stereocenters. The van der Waals surface area contributed by atoms with E-state index >= 15 is 0 Å². The predicted molar refractivity (Wildman–Crippen MR) is 138 cm³/mol. The lowest BCUT2D eigenvalue weighted by Crippen LogP contribution is -2.47. The van der Waals surface area contributed by atoms with Gasteiger partial charge in [0.15, 0.2) is 0 Å². The zero-order chi connectivity index (χ0) is 23.7. The second-order valence-corrected chi connectivity index (χ2v) is 10.3. The maximum atomic E-state index is 13.5. The normalized spacial score (nSPS) is 14.4.